The molecule has 0 atom stereocenters. The molecule has 0 radical (unpaired) electrons. The van der Waals surface area contributed by atoms with Crippen LogP contribution in [0, 0.1) is 0 Å². The molecular formula is C21H15N3O5. The number of aliphatic carboxylic acids is 2. The second-order valence-electron chi connectivity index (χ2n) is 6.55. The molecule has 144 valence electrons. The summed E-state index contributed by atoms with van der Waals surface area (Å²) in [7, 11) is 0. The fourth-order valence-corrected chi connectivity index (χ4v) is 3.77. The van der Waals surface area contributed by atoms with Crippen molar-refractivity contribution in [2.45, 2.75) is 5.41 Å². The lowest BCUT2D eigenvalue weighted by atomic mass is 9.78. The standard InChI is InChI=1S/C21H15N3O5/c22-15-8-9-23-10-16(15)24-18(25)12-5-3-7-14-17(12)11-4-1-2-6-13(11)21(14,19(26)27)20(28)29/h1-10H,(H2,22,23)(H,24,25)(H,26,27)(H,28,29). The molecule has 0 spiro atoms. The SMILES string of the molecule is Nc1ccncc1NC(=O)c1cccc2c1-c1ccccc1C2(C(=O)O)C(=O)O. The average Bonchev–Trinajstić information content (AvgIpc) is 3.01. The Morgan fingerprint density at radius 2 is 1.62 bits per heavy atom. The van der Waals surface area contributed by atoms with E-state index in [0.29, 0.717) is 16.9 Å². The summed E-state index contributed by atoms with van der Waals surface area (Å²) in [6.07, 6.45) is 2.87. The minimum Gasteiger partial charge on any atom is -0.480 e. The quantitative estimate of drug-likeness (QED) is 0.502. The third-order valence-electron chi connectivity index (χ3n) is 5.06. The maximum Gasteiger partial charge on any atom is 0.330 e. The molecule has 5 N–H and O–H groups in total. The second-order valence-corrected chi connectivity index (χ2v) is 6.55. The molecule has 29 heavy (non-hydrogen) atoms. The number of nitrogen functional groups attached to an aromatic ring is 1. The summed E-state index contributed by atoms with van der Waals surface area (Å²) >= 11 is 0. The Labute approximate surface area is 164 Å². The zero-order valence-electron chi connectivity index (χ0n) is 14.9. The summed E-state index contributed by atoms with van der Waals surface area (Å²) in [5.41, 5.74) is 5.10. The first-order chi connectivity index (χ1) is 13.9. The molecule has 0 bridgehead atoms. The summed E-state index contributed by atoms with van der Waals surface area (Å²) in [5, 5.41) is 22.5. The van der Waals surface area contributed by atoms with Crippen molar-refractivity contribution in [3.63, 3.8) is 0 Å². The number of aromatic nitrogens is 1. The van der Waals surface area contributed by atoms with Gasteiger partial charge in [0.1, 0.15) is 0 Å². The molecule has 1 amide bonds. The Hall–Kier alpha value is -4.20. The second kappa shape index (κ2) is 6.45. The number of benzene rings is 2. The van der Waals surface area contributed by atoms with Crippen LogP contribution in [0.4, 0.5) is 11.4 Å². The van der Waals surface area contributed by atoms with E-state index >= 15 is 0 Å². The fourth-order valence-electron chi connectivity index (χ4n) is 3.77. The molecule has 1 aliphatic rings. The molecule has 0 saturated heterocycles. The van der Waals surface area contributed by atoms with Gasteiger partial charge in [-0.25, -0.2) is 0 Å². The van der Waals surface area contributed by atoms with E-state index in [9.17, 15) is 24.6 Å². The number of hydrogen-bond acceptors (Lipinski definition) is 5. The molecule has 0 aliphatic heterocycles. The number of nitrogens with zero attached hydrogens (tertiary/aromatic N) is 1. The molecule has 1 aromatic heterocycles. The van der Waals surface area contributed by atoms with Gasteiger partial charge in [0.05, 0.1) is 17.6 Å². The maximum absolute atomic E-state index is 13.0. The first kappa shape index (κ1) is 18.2. The first-order valence-corrected chi connectivity index (χ1v) is 8.60. The zero-order valence-corrected chi connectivity index (χ0v) is 14.9. The van der Waals surface area contributed by atoms with Crippen molar-refractivity contribution in [2.75, 3.05) is 11.1 Å². The van der Waals surface area contributed by atoms with E-state index in [0.717, 1.165) is 0 Å². The van der Waals surface area contributed by atoms with E-state index in [1.165, 1.54) is 42.7 Å². The van der Waals surface area contributed by atoms with Gasteiger partial charge >= 0.3 is 11.9 Å². The molecule has 0 fully saturated rings. The van der Waals surface area contributed by atoms with Crippen LogP contribution in [-0.2, 0) is 15.0 Å². The van der Waals surface area contributed by atoms with Crippen molar-refractivity contribution >= 4 is 29.2 Å². The van der Waals surface area contributed by atoms with Gasteiger partial charge in [-0.3, -0.25) is 19.4 Å². The Balaban J connectivity index is 1.94. The van der Waals surface area contributed by atoms with Gasteiger partial charge in [0.15, 0.2) is 0 Å². The van der Waals surface area contributed by atoms with Crippen molar-refractivity contribution in [2.24, 2.45) is 0 Å². The Kier molecular flexibility index (Phi) is 4.04. The van der Waals surface area contributed by atoms with Gasteiger partial charge in [-0.05, 0) is 28.8 Å². The lowest BCUT2D eigenvalue weighted by Crippen LogP contribution is -2.43. The summed E-state index contributed by atoms with van der Waals surface area (Å²) in [4.78, 5) is 41.3. The summed E-state index contributed by atoms with van der Waals surface area (Å²) in [5.74, 6) is -3.60. The Morgan fingerprint density at radius 1 is 0.931 bits per heavy atom. The van der Waals surface area contributed by atoms with Crippen LogP contribution in [0.2, 0.25) is 0 Å². The van der Waals surface area contributed by atoms with Crippen molar-refractivity contribution in [1.82, 2.24) is 4.98 Å². The predicted octanol–water partition coefficient (Wildman–Crippen LogP) is 2.35. The van der Waals surface area contributed by atoms with E-state index in [1.54, 1.807) is 18.2 Å². The molecule has 3 aromatic rings. The van der Waals surface area contributed by atoms with Crippen molar-refractivity contribution < 1.29 is 24.6 Å². The molecule has 0 saturated carbocycles. The summed E-state index contributed by atoms with van der Waals surface area (Å²) in [6.45, 7) is 0. The lowest BCUT2D eigenvalue weighted by Gasteiger charge is -2.22. The molecule has 1 heterocycles. The summed E-state index contributed by atoms with van der Waals surface area (Å²) < 4.78 is 0. The van der Waals surface area contributed by atoms with Crippen LogP contribution in [0.1, 0.15) is 21.5 Å². The van der Waals surface area contributed by atoms with E-state index in [-0.39, 0.29) is 22.3 Å². The number of carbonyl (C=O) groups is 3. The van der Waals surface area contributed by atoms with Gasteiger partial charge in [-0.2, -0.15) is 0 Å². The van der Waals surface area contributed by atoms with Crippen LogP contribution >= 0.6 is 0 Å². The topological polar surface area (TPSA) is 143 Å². The molecule has 1 aliphatic carbocycles. The normalized spacial score (nSPS) is 13.2. The highest BCUT2D eigenvalue weighted by Crippen LogP contribution is 2.50. The lowest BCUT2D eigenvalue weighted by molar-refractivity contribution is -0.154. The van der Waals surface area contributed by atoms with Crippen LogP contribution < -0.4 is 11.1 Å². The number of rotatable bonds is 4. The highest BCUT2D eigenvalue weighted by atomic mass is 16.4. The van der Waals surface area contributed by atoms with Crippen LogP contribution in [0.5, 0.6) is 0 Å². The number of hydrogen-bond donors (Lipinski definition) is 4. The number of carboxylic acids is 2. The molecule has 0 unspecified atom stereocenters. The Morgan fingerprint density at radius 3 is 2.31 bits per heavy atom. The van der Waals surface area contributed by atoms with Crippen molar-refractivity contribution in [3.8, 4) is 11.1 Å². The van der Waals surface area contributed by atoms with Gasteiger partial charge in [0, 0.05) is 17.3 Å². The number of fused-ring (bicyclic) bond motifs is 3. The van der Waals surface area contributed by atoms with E-state index < -0.39 is 23.3 Å². The number of pyridine rings is 1. The van der Waals surface area contributed by atoms with E-state index in [1.807, 2.05) is 0 Å². The molecule has 2 aromatic carbocycles. The smallest absolute Gasteiger partial charge is 0.330 e. The first-order valence-electron chi connectivity index (χ1n) is 8.60. The van der Waals surface area contributed by atoms with Gasteiger partial charge in [-0.1, -0.05) is 36.4 Å². The third-order valence-corrected chi connectivity index (χ3v) is 5.06. The summed E-state index contributed by atoms with van der Waals surface area (Å²) in [6, 6.07) is 12.2. The van der Waals surface area contributed by atoms with E-state index in [2.05, 4.69) is 10.3 Å². The number of nitrogens with one attached hydrogen (secondary N) is 1. The number of carbonyl (C=O) groups excluding carboxylic acids is 1. The minimum atomic E-state index is -2.30. The fraction of sp³-hybridized carbons (Fsp3) is 0.0476. The number of nitrogens with two attached hydrogens (primary N) is 1. The van der Waals surface area contributed by atoms with Gasteiger partial charge < -0.3 is 21.3 Å². The van der Waals surface area contributed by atoms with Gasteiger partial charge in [0.2, 0.25) is 5.41 Å². The molecule has 4 rings (SSSR count). The highest BCUT2D eigenvalue weighted by Gasteiger charge is 2.56. The molecule has 8 heteroatoms. The van der Waals surface area contributed by atoms with Gasteiger partial charge in [-0.15, -0.1) is 0 Å². The third kappa shape index (κ3) is 2.46. The highest BCUT2D eigenvalue weighted by molar-refractivity contribution is 6.18. The van der Waals surface area contributed by atoms with Crippen LogP contribution in [0.25, 0.3) is 11.1 Å². The van der Waals surface area contributed by atoms with E-state index in [4.69, 9.17) is 5.73 Å². The number of amides is 1. The molecule has 8 nitrogen and oxygen atoms in total. The minimum absolute atomic E-state index is 0.0329. The van der Waals surface area contributed by atoms with Crippen LogP contribution in [-0.4, -0.2) is 33.0 Å². The van der Waals surface area contributed by atoms with Crippen LogP contribution in [0.15, 0.2) is 60.9 Å². The van der Waals surface area contributed by atoms with Crippen molar-refractivity contribution in [3.05, 3.63) is 77.6 Å². The average molecular weight is 389 g/mol. The maximum atomic E-state index is 13.0. The number of anilines is 2. The van der Waals surface area contributed by atoms with Crippen molar-refractivity contribution in [1.29, 1.82) is 0 Å². The Bertz CT molecular complexity index is 1170. The predicted molar refractivity (Wildman–Crippen MR) is 105 cm³/mol. The van der Waals surface area contributed by atoms with Gasteiger partial charge in [0.25, 0.3) is 5.91 Å². The molecular weight excluding hydrogens is 374 g/mol. The monoisotopic (exact) mass is 389 g/mol. The zero-order chi connectivity index (χ0) is 20.8. The number of carboxylic acid groups (broad SMARTS) is 2. The van der Waals surface area contributed by atoms with Crippen LogP contribution in [0.3, 0.4) is 0 Å². The largest absolute Gasteiger partial charge is 0.480 e.